The highest BCUT2D eigenvalue weighted by Crippen LogP contribution is 2.25. The summed E-state index contributed by atoms with van der Waals surface area (Å²) < 4.78 is 5.25. The average Bonchev–Trinajstić information content (AvgIpc) is 2.31. The van der Waals surface area contributed by atoms with Crippen LogP contribution in [0.5, 0.6) is 0 Å². The van der Waals surface area contributed by atoms with Gasteiger partial charge in [0.05, 0.1) is 6.61 Å². The summed E-state index contributed by atoms with van der Waals surface area (Å²) in [5.74, 6) is 0. The van der Waals surface area contributed by atoms with Crippen molar-refractivity contribution >= 4 is 0 Å². The Balaban J connectivity index is 2.48. The fraction of sp³-hybridized carbons (Fsp3) is 0.200. The van der Waals surface area contributed by atoms with E-state index >= 15 is 0 Å². The zero-order valence-corrected chi connectivity index (χ0v) is 9.73. The van der Waals surface area contributed by atoms with Crippen LogP contribution in [0, 0.1) is 6.92 Å². The molecule has 82 valence electrons. The largest absolute Gasteiger partial charge is 0.380 e. The molecule has 0 saturated carbocycles. The summed E-state index contributed by atoms with van der Waals surface area (Å²) in [6, 6.07) is 16.9. The summed E-state index contributed by atoms with van der Waals surface area (Å²) in [5.41, 5.74) is 5.02. The van der Waals surface area contributed by atoms with Gasteiger partial charge in [0.25, 0.3) is 0 Å². The molecule has 1 nitrogen and oxygen atoms in total. The lowest BCUT2D eigenvalue weighted by Crippen LogP contribution is -1.93. The molecule has 0 aromatic heterocycles. The van der Waals surface area contributed by atoms with Crippen LogP contribution < -0.4 is 0 Å². The molecule has 2 rings (SSSR count). The molecule has 0 spiro atoms. The SMILES string of the molecule is COCc1cc(C)ccc1-c1ccccc1. The maximum Gasteiger partial charge on any atom is 0.0719 e. The lowest BCUT2D eigenvalue weighted by molar-refractivity contribution is 0.185. The first kappa shape index (κ1) is 10.9. The molecular weight excluding hydrogens is 196 g/mol. The van der Waals surface area contributed by atoms with Gasteiger partial charge in [0.15, 0.2) is 0 Å². The van der Waals surface area contributed by atoms with Crippen molar-refractivity contribution in [2.45, 2.75) is 13.5 Å². The third-order valence-corrected chi connectivity index (χ3v) is 2.65. The number of hydrogen-bond donors (Lipinski definition) is 0. The topological polar surface area (TPSA) is 9.23 Å². The third-order valence-electron chi connectivity index (χ3n) is 2.65. The second kappa shape index (κ2) is 4.95. The first-order valence-electron chi connectivity index (χ1n) is 5.45. The van der Waals surface area contributed by atoms with Crippen molar-refractivity contribution < 1.29 is 4.74 Å². The Kier molecular flexibility index (Phi) is 3.37. The molecule has 2 aromatic carbocycles. The van der Waals surface area contributed by atoms with Gasteiger partial charge in [-0.05, 0) is 23.6 Å². The first-order chi connectivity index (χ1) is 7.81. The number of benzene rings is 2. The standard InChI is InChI=1S/C15H16O/c1-12-8-9-15(14(10-12)11-16-2)13-6-4-3-5-7-13/h3-10H,11H2,1-2H3. The van der Waals surface area contributed by atoms with Gasteiger partial charge < -0.3 is 4.74 Å². The minimum Gasteiger partial charge on any atom is -0.380 e. The molecule has 0 aliphatic rings. The van der Waals surface area contributed by atoms with Crippen molar-refractivity contribution in [3.05, 3.63) is 59.7 Å². The molecule has 0 aliphatic carbocycles. The van der Waals surface area contributed by atoms with Crippen LogP contribution in [0.4, 0.5) is 0 Å². The van der Waals surface area contributed by atoms with Gasteiger partial charge in [-0.3, -0.25) is 0 Å². The van der Waals surface area contributed by atoms with E-state index in [1.165, 1.54) is 22.3 Å². The van der Waals surface area contributed by atoms with E-state index in [2.05, 4.69) is 49.4 Å². The smallest absolute Gasteiger partial charge is 0.0719 e. The molecule has 0 fully saturated rings. The minimum absolute atomic E-state index is 0.659. The Morgan fingerprint density at radius 1 is 1.00 bits per heavy atom. The van der Waals surface area contributed by atoms with Crippen molar-refractivity contribution in [2.24, 2.45) is 0 Å². The maximum atomic E-state index is 5.25. The van der Waals surface area contributed by atoms with Gasteiger partial charge in [0.2, 0.25) is 0 Å². The minimum atomic E-state index is 0.659. The summed E-state index contributed by atoms with van der Waals surface area (Å²) in [7, 11) is 1.73. The van der Waals surface area contributed by atoms with Crippen molar-refractivity contribution in [1.29, 1.82) is 0 Å². The summed E-state index contributed by atoms with van der Waals surface area (Å²) in [6.07, 6.45) is 0. The fourth-order valence-electron chi connectivity index (χ4n) is 1.90. The Hall–Kier alpha value is -1.60. The predicted molar refractivity (Wildman–Crippen MR) is 67.3 cm³/mol. The number of ether oxygens (including phenoxy) is 1. The number of aryl methyl sites for hydroxylation is 1. The summed E-state index contributed by atoms with van der Waals surface area (Å²) in [4.78, 5) is 0. The van der Waals surface area contributed by atoms with E-state index in [0.717, 1.165) is 0 Å². The Labute approximate surface area is 96.7 Å². The van der Waals surface area contributed by atoms with E-state index in [9.17, 15) is 0 Å². The molecule has 0 radical (unpaired) electrons. The van der Waals surface area contributed by atoms with Gasteiger partial charge in [0, 0.05) is 7.11 Å². The molecule has 0 heterocycles. The molecule has 0 N–H and O–H groups in total. The molecule has 0 atom stereocenters. The second-order valence-corrected chi connectivity index (χ2v) is 3.96. The van der Waals surface area contributed by atoms with Crippen molar-refractivity contribution in [3.63, 3.8) is 0 Å². The van der Waals surface area contributed by atoms with Crippen molar-refractivity contribution in [2.75, 3.05) is 7.11 Å². The maximum absolute atomic E-state index is 5.25. The monoisotopic (exact) mass is 212 g/mol. The Bertz CT molecular complexity index is 460. The number of hydrogen-bond acceptors (Lipinski definition) is 1. The molecular formula is C15H16O. The number of methoxy groups -OCH3 is 1. The normalized spacial score (nSPS) is 10.4. The van der Waals surface area contributed by atoms with Crippen LogP contribution in [0.1, 0.15) is 11.1 Å². The summed E-state index contributed by atoms with van der Waals surface area (Å²) in [5, 5.41) is 0. The highest BCUT2D eigenvalue weighted by molar-refractivity contribution is 5.67. The molecule has 1 heteroatoms. The van der Waals surface area contributed by atoms with Crippen LogP contribution in [0.15, 0.2) is 48.5 Å². The van der Waals surface area contributed by atoms with E-state index in [1.54, 1.807) is 7.11 Å². The quantitative estimate of drug-likeness (QED) is 0.751. The van der Waals surface area contributed by atoms with Gasteiger partial charge in [0.1, 0.15) is 0 Å². The number of rotatable bonds is 3. The van der Waals surface area contributed by atoms with Crippen LogP contribution in [0.3, 0.4) is 0 Å². The fourth-order valence-corrected chi connectivity index (χ4v) is 1.90. The molecule has 0 aliphatic heterocycles. The second-order valence-electron chi connectivity index (χ2n) is 3.96. The van der Waals surface area contributed by atoms with Crippen LogP contribution >= 0.6 is 0 Å². The van der Waals surface area contributed by atoms with Gasteiger partial charge in [-0.1, -0.05) is 54.1 Å². The van der Waals surface area contributed by atoms with Crippen molar-refractivity contribution in [3.8, 4) is 11.1 Å². The first-order valence-corrected chi connectivity index (χ1v) is 5.45. The zero-order valence-electron chi connectivity index (χ0n) is 9.73. The van der Waals surface area contributed by atoms with Gasteiger partial charge in [-0.15, -0.1) is 0 Å². The third kappa shape index (κ3) is 2.31. The molecule has 0 amide bonds. The zero-order chi connectivity index (χ0) is 11.4. The Morgan fingerprint density at radius 3 is 2.44 bits per heavy atom. The summed E-state index contributed by atoms with van der Waals surface area (Å²) >= 11 is 0. The van der Waals surface area contributed by atoms with E-state index in [-0.39, 0.29) is 0 Å². The highest BCUT2D eigenvalue weighted by atomic mass is 16.5. The van der Waals surface area contributed by atoms with E-state index in [1.807, 2.05) is 6.07 Å². The lowest BCUT2D eigenvalue weighted by Gasteiger charge is -2.10. The van der Waals surface area contributed by atoms with Gasteiger partial charge in [-0.2, -0.15) is 0 Å². The highest BCUT2D eigenvalue weighted by Gasteiger charge is 2.04. The van der Waals surface area contributed by atoms with Crippen LogP contribution in [-0.2, 0) is 11.3 Å². The van der Waals surface area contributed by atoms with E-state index in [4.69, 9.17) is 4.74 Å². The molecule has 0 bridgehead atoms. The van der Waals surface area contributed by atoms with Crippen LogP contribution in [0.25, 0.3) is 11.1 Å². The predicted octanol–water partition coefficient (Wildman–Crippen LogP) is 3.81. The molecule has 16 heavy (non-hydrogen) atoms. The lowest BCUT2D eigenvalue weighted by atomic mass is 9.98. The molecule has 0 saturated heterocycles. The molecule has 0 unspecified atom stereocenters. The Morgan fingerprint density at radius 2 is 1.75 bits per heavy atom. The average molecular weight is 212 g/mol. The van der Waals surface area contributed by atoms with Crippen LogP contribution in [-0.4, -0.2) is 7.11 Å². The van der Waals surface area contributed by atoms with Crippen LogP contribution in [0.2, 0.25) is 0 Å². The van der Waals surface area contributed by atoms with Gasteiger partial charge >= 0.3 is 0 Å². The molecule has 2 aromatic rings. The summed E-state index contributed by atoms with van der Waals surface area (Å²) in [6.45, 7) is 2.76. The van der Waals surface area contributed by atoms with Crippen molar-refractivity contribution in [1.82, 2.24) is 0 Å². The van der Waals surface area contributed by atoms with E-state index in [0.29, 0.717) is 6.61 Å². The van der Waals surface area contributed by atoms with Gasteiger partial charge in [-0.25, -0.2) is 0 Å². The van der Waals surface area contributed by atoms with E-state index < -0.39 is 0 Å².